The summed E-state index contributed by atoms with van der Waals surface area (Å²) in [6.07, 6.45) is -9.46. The molecular weight excluding hydrogens is 525 g/mol. The second kappa shape index (κ2) is 9.03. The number of halogens is 7. The zero-order chi connectivity index (χ0) is 19.3. The van der Waals surface area contributed by atoms with Crippen molar-refractivity contribution in [1.82, 2.24) is 4.90 Å². The van der Waals surface area contributed by atoms with E-state index in [4.69, 9.17) is 0 Å². The van der Waals surface area contributed by atoms with Gasteiger partial charge in [0.1, 0.15) is 0 Å². The standard InChI is InChI=1S/C15H16F6N2.FH.W/c1-23(2)8-7-22-10-11-5-3-4-6-12(11)13(15(19,20)21)9-14(16,17)18;;/h3-6,10,13H,7-8H2,1-2H3;1H;/q;;+1/p-1. The van der Waals surface area contributed by atoms with Crippen LogP contribution in [0.15, 0.2) is 29.3 Å². The van der Waals surface area contributed by atoms with Crippen LogP contribution in [0.2, 0.25) is 0 Å². The van der Waals surface area contributed by atoms with Crippen molar-refractivity contribution in [1.29, 1.82) is 0 Å². The zero-order valence-corrected chi connectivity index (χ0v) is 16.3. The maximum absolute atomic E-state index is 13.3. The van der Waals surface area contributed by atoms with Crippen LogP contribution < -0.4 is 0 Å². The van der Waals surface area contributed by atoms with Gasteiger partial charge in [-0.2, -0.15) is 0 Å². The molecule has 0 bridgehead atoms. The van der Waals surface area contributed by atoms with Gasteiger partial charge in [0.2, 0.25) is 0 Å². The van der Waals surface area contributed by atoms with Crippen molar-refractivity contribution < 1.29 is 48.1 Å². The number of hydrogen-bond acceptors (Lipinski definition) is 2. The van der Waals surface area contributed by atoms with Crippen LogP contribution in [0.4, 0.5) is 29.5 Å². The summed E-state index contributed by atoms with van der Waals surface area (Å²) in [5.41, 5.74) is -0.730. The summed E-state index contributed by atoms with van der Waals surface area (Å²) < 4.78 is 89.8. The van der Waals surface area contributed by atoms with E-state index in [0.29, 0.717) is 6.54 Å². The van der Waals surface area contributed by atoms with Gasteiger partial charge in [0.05, 0.1) is 0 Å². The van der Waals surface area contributed by atoms with Crippen LogP contribution in [-0.2, 0) is 18.6 Å². The fraction of sp³-hybridized carbons (Fsp3) is 0.467. The molecular formula is C15H16F7N2W. The Morgan fingerprint density at radius 2 is 1.76 bits per heavy atom. The third kappa shape index (κ3) is 6.62. The molecule has 0 N–H and O–H groups in total. The predicted octanol–water partition coefficient (Wildman–Crippen LogP) is 4.01. The molecule has 141 valence electrons. The van der Waals surface area contributed by atoms with Crippen molar-refractivity contribution in [2.45, 2.75) is 18.3 Å². The number of nitrogens with zero attached hydrogens (tertiary/aromatic N) is 2. The van der Waals surface area contributed by atoms with Gasteiger partial charge >= 0.3 is 149 Å². The summed E-state index contributed by atoms with van der Waals surface area (Å²) in [6.45, 7) is 0.799. The topological polar surface area (TPSA) is 15.6 Å². The summed E-state index contributed by atoms with van der Waals surface area (Å²) in [6, 6.07) is 4.77. The fourth-order valence-corrected chi connectivity index (χ4v) is 3.60. The van der Waals surface area contributed by atoms with E-state index < -0.39 is 46.4 Å². The third-order valence-electron chi connectivity index (χ3n) is 3.17. The average Bonchev–Trinajstić information content (AvgIpc) is 2.47. The molecule has 0 saturated heterocycles. The first-order valence-electron chi connectivity index (χ1n) is 7.01. The Morgan fingerprint density at radius 1 is 1.16 bits per heavy atom. The number of rotatable bonds is 6. The summed E-state index contributed by atoms with van der Waals surface area (Å²) in [4.78, 5) is 5.75. The summed E-state index contributed by atoms with van der Waals surface area (Å²) in [5, 5.41) is 0. The molecule has 0 aromatic heterocycles. The molecule has 2 nitrogen and oxygen atoms in total. The first-order valence-corrected chi connectivity index (χ1v) is 9.58. The quantitative estimate of drug-likeness (QED) is 0.393. The molecule has 0 aliphatic heterocycles. The minimum atomic E-state index is -5.32. The van der Waals surface area contributed by atoms with Gasteiger partial charge in [0, 0.05) is 0 Å². The van der Waals surface area contributed by atoms with E-state index in [1.165, 1.54) is 18.2 Å². The first kappa shape index (κ1) is 22.0. The molecule has 0 aliphatic carbocycles. The van der Waals surface area contributed by atoms with Gasteiger partial charge in [-0.3, -0.25) is 0 Å². The van der Waals surface area contributed by atoms with Crippen LogP contribution in [0, 0.1) is 0 Å². The van der Waals surface area contributed by atoms with E-state index in [0.717, 1.165) is 12.3 Å². The summed E-state index contributed by atoms with van der Waals surface area (Å²) in [5.74, 6) is -3.00. The molecule has 0 amide bonds. The predicted molar refractivity (Wildman–Crippen MR) is 78.4 cm³/mol. The van der Waals surface area contributed by atoms with Crippen LogP contribution in [0.5, 0.6) is 0 Å². The van der Waals surface area contributed by atoms with Gasteiger partial charge in [-0.05, 0) is 0 Å². The number of hydrogen-bond donors (Lipinski definition) is 0. The average molecular weight is 541 g/mol. The Morgan fingerprint density at radius 3 is 2.24 bits per heavy atom. The Kier molecular flexibility index (Phi) is 7.93. The van der Waals surface area contributed by atoms with Crippen LogP contribution in [0.25, 0.3) is 0 Å². The van der Waals surface area contributed by atoms with E-state index in [1.54, 1.807) is 19.0 Å². The maximum atomic E-state index is 13.3. The van der Waals surface area contributed by atoms with Crippen molar-refractivity contribution in [3.8, 4) is 0 Å². The van der Waals surface area contributed by atoms with Crippen LogP contribution in [0.1, 0.15) is 17.0 Å². The molecule has 1 unspecified atom stereocenters. The molecule has 0 radical (unpaired) electrons. The molecule has 1 atom stereocenters. The van der Waals surface area contributed by atoms with Crippen molar-refractivity contribution >= 4 is 10.1 Å². The molecule has 0 spiro atoms. The van der Waals surface area contributed by atoms with Crippen molar-refractivity contribution in [3.05, 3.63) is 35.4 Å². The Labute approximate surface area is 149 Å². The van der Waals surface area contributed by atoms with Gasteiger partial charge < -0.3 is 0 Å². The van der Waals surface area contributed by atoms with Crippen molar-refractivity contribution in [3.63, 3.8) is 0 Å². The van der Waals surface area contributed by atoms with E-state index >= 15 is 0 Å². The number of aliphatic imine (C=N–C) groups is 1. The second-order valence-corrected chi connectivity index (χ2v) is 7.52. The molecule has 1 aromatic rings. The normalized spacial score (nSPS) is 15.2. The third-order valence-corrected chi connectivity index (χ3v) is 5.44. The van der Waals surface area contributed by atoms with E-state index in [2.05, 4.69) is 4.99 Å². The van der Waals surface area contributed by atoms with Crippen LogP contribution >= 0.6 is 0 Å². The number of alkyl halides is 6. The molecule has 1 rings (SSSR count). The zero-order valence-electron chi connectivity index (χ0n) is 13.3. The van der Waals surface area contributed by atoms with E-state index in [-0.39, 0.29) is 12.1 Å². The van der Waals surface area contributed by atoms with Gasteiger partial charge in [0.25, 0.3) is 0 Å². The number of benzene rings is 1. The Balaban J connectivity index is 3.33. The fourth-order valence-electron chi connectivity index (χ4n) is 2.03. The molecule has 10 heteroatoms. The monoisotopic (exact) mass is 541 g/mol. The van der Waals surface area contributed by atoms with Gasteiger partial charge in [-0.1, -0.05) is 0 Å². The van der Waals surface area contributed by atoms with Gasteiger partial charge in [-0.25, -0.2) is 0 Å². The van der Waals surface area contributed by atoms with Gasteiger partial charge in [-0.15, -0.1) is 0 Å². The molecule has 0 fully saturated rings. The Bertz CT molecular complexity index is 621. The number of likely N-dealkylation sites (N-methyl/N-ethyl adjacent to an activating group) is 1. The van der Waals surface area contributed by atoms with Crippen molar-refractivity contribution in [2.75, 3.05) is 27.2 Å². The van der Waals surface area contributed by atoms with Crippen molar-refractivity contribution in [2.24, 2.45) is 4.99 Å². The SMILES string of the molecule is CN(C)CCN=Cc1ccccc1C([C](=[W][F])C(F)(F)F)C(F)(F)F. The molecule has 1 aromatic carbocycles. The van der Waals surface area contributed by atoms with E-state index in [1.807, 2.05) is 0 Å². The molecule has 0 aliphatic rings. The molecule has 25 heavy (non-hydrogen) atoms. The summed E-state index contributed by atoms with van der Waals surface area (Å²) in [7, 11) is 3.56. The van der Waals surface area contributed by atoms with Crippen LogP contribution in [-0.4, -0.2) is 54.5 Å². The van der Waals surface area contributed by atoms with E-state index in [9.17, 15) is 29.5 Å². The molecule has 0 heterocycles. The van der Waals surface area contributed by atoms with Crippen LogP contribution in [0.3, 0.4) is 0 Å². The van der Waals surface area contributed by atoms with Gasteiger partial charge in [0.15, 0.2) is 0 Å². The Hall–Kier alpha value is -1.08. The molecule has 0 saturated carbocycles. The summed E-state index contributed by atoms with van der Waals surface area (Å²) >= 11 is -3.85. The first-order chi connectivity index (χ1) is 11.5. The minimum absolute atomic E-state index is 0.0995. The second-order valence-electron chi connectivity index (χ2n) is 5.38.